The van der Waals surface area contributed by atoms with Crippen molar-refractivity contribution in [2.24, 2.45) is 0 Å². The Hall–Kier alpha value is -2.40. The zero-order chi connectivity index (χ0) is 18.9. The number of quaternary nitrogens is 1. The molecule has 0 amide bonds. The Bertz CT molecular complexity index is 801. The number of ether oxygens (including phenoxy) is 3. The lowest BCUT2D eigenvalue weighted by molar-refractivity contribution is -0.923. The van der Waals surface area contributed by atoms with Crippen molar-refractivity contribution in [1.82, 2.24) is 0 Å². The monoisotopic (exact) mass is 358 g/mol. The fourth-order valence-electron chi connectivity index (χ4n) is 3.85. The summed E-state index contributed by atoms with van der Waals surface area (Å²) >= 11 is 0. The predicted octanol–water partition coefficient (Wildman–Crippen LogP) is 3.33. The zero-order valence-electron chi connectivity index (χ0n) is 16.2. The normalized spacial score (nSPS) is 18.1. The molecular formula is C21H28NO4+. The van der Waals surface area contributed by atoms with Crippen LogP contribution in [0.15, 0.2) is 30.3 Å². The lowest BCUT2D eigenvalue weighted by Gasteiger charge is -2.43. The first-order valence-electron chi connectivity index (χ1n) is 8.83. The van der Waals surface area contributed by atoms with Gasteiger partial charge in [0.1, 0.15) is 6.04 Å². The van der Waals surface area contributed by atoms with Crippen molar-refractivity contribution in [3.05, 3.63) is 47.0 Å². The largest absolute Gasteiger partial charge is 0.504 e. The number of aromatic hydroxyl groups is 1. The molecule has 0 unspecified atom stereocenters. The van der Waals surface area contributed by atoms with Crippen molar-refractivity contribution in [2.45, 2.75) is 18.9 Å². The number of nitrogens with zero attached hydrogens (tertiary/aromatic N) is 1. The number of methoxy groups -OCH3 is 3. The maximum absolute atomic E-state index is 10.1. The molecule has 0 aromatic heterocycles. The van der Waals surface area contributed by atoms with E-state index >= 15 is 0 Å². The van der Waals surface area contributed by atoms with E-state index in [0.29, 0.717) is 5.75 Å². The van der Waals surface area contributed by atoms with E-state index in [1.807, 2.05) is 12.1 Å². The van der Waals surface area contributed by atoms with E-state index in [1.54, 1.807) is 27.4 Å². The summed E-state index contributed by atoms with van der Waals surface area (Å²) in [6, 6.07) is 10.1. The summed E-state index contributed by atoms with van der Waals surface area (Å²) in [7, 11) is 9.42. The van der Waals surface area contributed by atoms with Crippen LogP contribution in [-0.4, -0.2) is 51.6 Å². The van der Waals surface area contributed by atoms with Gasteiger partial charge < -0.3 is 23.8 Å². The highest BCUT2D eigenvalue weighted by Gasteiger charge is 2.36. The minimum Gasteiger partial charge on any atom is -0.504 e. The maximum Gasteiger partial charge on any atom is 0.161 e. The van der Waals surface area contributed by atoms with Gasteiger partial charge in [0.15, 0.2) is 23.0 Å². The van der Waals surface area contributed by atoms with Gasteiger partial charge in [-0.05, 0) is 35.4 Å². The Morgan fingerprint density at radius 1 is 0.962 bits per heavy atom. The number of fused-ring (bicyclic) bond motifs is 1. The van der Waals surface area contributed by atoms with Gasteiger partial charge in [-0.25, -0.2) is 0 Å². The van der Waals surface area contributed by atoms with E-state index in [2.05, 4.69) is 26.2 Å². The van der Waals surface area contributed by atoms with Crippen molar-refractivity contribution in [2.75, 3.05) is 42.0 Å². The van der Waals surface area contributed by atoms with Gasteiger partial charge in [-0.15, -0.1) is 0 Å². The molecule has 3 rings (SSSR count). The Morgan fingerprint density at radius 2 is 1.62 bits per heavy atom. The van der Waals surface area contributed by atoms with Gasteiger partial charge in [-0.1, -0.05) is 6.07 Å². The van der Waals surface area contributed by atoms with Gasteiger partial charge in [-0.2, -0.15) is 0 Å². The predicted molar refractivity (Wildman–Crippen MR) is 101 cm³/mol. The topological polar surface area (TPSA) is 47.9 Å². The Labute approximate surface area is 155 Å². The number of hydrogen-bond donors (Lipinski definition) is 1. The molecule has 1 heterocycles. The Morgan fingerprint density at radius 3 is 2.23 bits per heavy atom. The first kappa shape index (κ1) is 18.4. The number of phenols is 1. The highest BCUT2D eigenvalue weighted by atomic mass is 16.5. The number of likely N-dealkylation sites (N-methyl/N-ethyl adjacent to an activating group) is 1. The highest BCUT2D eigenvalue weighted by Crippen LogP contribution is 2.42. The van der Waals surface area contributed by atoms with Crippen molar-refractivity contribution in [3.63, 3.8) is 0 Å². The van der Waals surface area contributed by atoms with Crippen molar-refractivity contribution < 1.29 is 23.8 Å². The van der Waals surface area contributed by atoms with E-state index < -0.39 is 0 Å². The van der Waals surface area contributed by atoms with E-state index in [9.17, 15) is 5.11 Å². The lowest BCUT2D eigenvalue weighted by atomic mass is 9.87. The molecule has 5 heteroatoms. The van der Waals surface area contributed by atoms with Crippen LogP contribution in [0.2, 0.25) is 0 Å². The van der Waals surface area contributed by atoms with Crippen molar-refractivity contribution in [1.29, 1.82) is 0 Å². The summed E-state index contributed by atoms with van der Waals surface area (Å²) in [5, 5.41) is 10.1. The smallest absolute Gasteiger partial charge is 0.161 e. The van der Waals surface area contributed by atoms with Gasteiger partial charge in [0.05, 0.1) is 42.0 Å². The molecule has 140 valence electrons. The summed E-state index contributed by atoms with van der Waals surface area (Å²) in [6.07, 6.45) is 1.83. The maximum atomic E-state index is 10.1. The number of hydrogen-bond acceptors (Lipinski definition) is 4. The summed E-state index contributed by atoms with van der Waals surface area (Å²) < 4.78 is 17.0. The van der Waals surface area contributed by atoms with Crippen LogP contribution in [0.5, 0.6) is 23.0 Å². The molecule has 0 saturated carbocycles. The summed E-state index contributed by atoms with van der Waals surface area (Å²) in [6.45, 7) is 1.05. The van der Waals surface area contributed by atoms with Crippen LogP contribution in [-0.2, 0) is 12.8 Å². The molecule has 2 aromatic carbocycles. The van der Waals surface area contributed by atoms with E-state index in [-0.39, 0.29) is 11.8 Å². The minimum atomic E-state index is 0.179. The fourth-order valence-corrected chi connectivity index (χ4v) is 3.85. The first-order chi connectivity index (χ1) is 12.4. The molecular weight excluding hydrogens is 330 g/mol. The summed E-state index contributed by atoms with van der Waals surface area (Å²) in [4.78, 5) is 0. The lowest BCUT2D eigenvalue weighted by Crippen LogP contribution is -2.48. The van der Waals surface area contributed by atoms with Crippen LogP contribution in [0, 0.1) is 0 Å². The quantitative estimate of drug-likeness (QED) is 0.833. The first-order valence-corrected chi connectivity index (χ1v) is 8.83. The third kappa shape index (κ3) is 3.31. The minimum absolute atomic E-state index is 0.179. The van der Waals surface area contributed by atoms with Crippen LogP contribution in [0.1, 0.15) is 22.7 Å². The van der Waals surface area contributed by atoms with Crippen LogP contribution < -0.4 is 14.2 Å². The third-order valence-corrected chi connectivity index (χ3v) is 5.48. The van der Waals surface area contributed by atoms with Crippen molar-refractivity contribution in [3.8, 4) is 23.0 Å². The van der Waals surface area contributed by atoms with Gasteiger partial charge in [0.2, 0.25) is 0 Å². The van der Waals surface area contributed by atoms with E-state index in [4.69, 9.17) is 14.2 Å². The average Bonchev–Trinajstić information content (AvgIpc) is 2.63. The Balaban J connectivity index is 2.01. The SMILES string of the molecule is COc1ccc(C[C@H]2c3cc(OC)c(OC)cc3CC[N+]2(C)C)cc1O. The summed E-state index contributed by atoms with van der Waals surface area (Å²) in [5.41, 5.74) is 3.68. The molecule has 1 atom stereocenters. The van der Waals surface area contributed by atoms with Crippen LogP contribution in [0.4, 0.5) is 0 Å². The van der Waals surface area contributed by atoms with Gasteiger partial charge in [-0.3, -0.25) is 0 Å². The number of phenolic OH excluding ortho intramolecular Hbond substituents is 1. The standard InChI is InChI=1S/C21H27NO4/c1-22(2)9-8-15-12-20(25-4)21(26-5)13-16(15)17(22)10-14-6-7-19(24-3)18(23)11-14/h6-7,11-13,17H,8-10H2,1-5H3/p+1/t17-/m0/s1. The molecule has 1 N–H and O–H groups in total. The molecule has 2 aromatic rings. The van der Waals surface area contributed by atoms with Crippen LogP contribution in [0.25, 0.3) is 0 Å². The second-order valence-corrected chi connectivity index (χ2v) is 7.38. The van der Waals surface area contributed by atoms with Gasteiger partial charge >= 0.3 is 0 Å². The van der Waals surface area contributed by atoms with E-state index in [0.717, 1.165) is 40.9 Å². The molecule has 0 bridgehead atoms. The fraction of sp³-hybridized carbons (Fsp3) is 0.429. The molecule has 5 nitrogen and oxygen atoms in total. The number of rotatable bonds is 5. The molecule has 26 heavy (non-hydrogen) atoms. The average molecular weight is 358 g/mol. The van der Waals surface area contributed by atoms with Crippen LogP contribution >= 0.6 is 0 Å². The van der Waals surface area contributed by atoms with Crippen molar-refractivity contribution >= 4 is 0 Å². The molecule has 0 spiro atoms. The van der Waals surface area contributed by atoms with Crippen LogP contribution in [0.3, 0.4) is 0 Å². The molecule has 0 saturated heterocycles. The molecule has 1 aliphatic heterocycles. The second kappa shape index (κ2) is 7.08. The van der Waals surface area contributed by atoms with Gasteiger partial charge in [0, 0.05) is 18.4 Å². The second-order valence-electron chi connectivity index (χ2n) is 7.38. The van der Waals surface area contributed by atoms with E-state index in [1.165, 1.54) is 11.1 Å². The zero-order valence-corrected chi connectivity index (χ0v) is 16.2. The molecule has 0 aliphatic carbocycles. The third-order valence-electron chi connectivity index (χ3n) is 5.48. The summed E-state index contributed by atoms with van der Waals surface area (Å²) in [5.74, 6) is 2.21. The highest BCUT2D eigenvalue weighted by molar-refractivity contribution is 5.49. The molecule has 0 fully saturated rings. The number of benzene rings is 2. The Kier molecular flexibility index (Phi) is 5.01. The molecule has 0 radical (unpaired) electrons. The molecule has 1 aliphatic rings. The van der Waals surface area contributed by atoms with Gasteiger partial charge in [0.25, 0.3) is 0 Å².